The number of ether oxygens (including phenoxy) is 1. The molecule has 7 nitrogen and oxygen atoms in total. The average Bonchev–Trinajstić information content (AvgIpc) is 3.25. The van der Waals surface area contributed by atoms with Gasteiger partial charge in [-0.25, -0.2) is 0 Å². The summed E-state index contributed by atoms with van der Waals surface area (Å²) in [6.07, 6.45) is 6.64. The van der Waals surface area contributed by atoms with Crippen LogP contribution in [0, 0.1) is 0 Å². The second kappa shape index (κ2) is 11.7. The number of carbonyl (C=O) groups excluding carboxylic acids is 1. The molecule has 3 aliphatic rings. The molecular formula is C25H39N5O2. The molecule has 176 valence electrons. The fourth-order valence-electron chi connectivity index (χ4n) is 5.18. The number of rotatable bonds is 7. The third-order valence-corrected chi connectivity index (χ3v) is 6.85. The molecule has 2 aliphatic heterocycles. The number of fused-ring (bicyclic) bond motifs is 1. The zero-order valence-corrected chi connectivity index (χ0v) is 19.5. The van der Waals surface area contributed by atoms with E-state index in [-0.39, 0.29) is 12.0 Å². The molecule has 2 saturated heterocycles. The number of morpholine rings is 1. The fraction of sp³-hybridized carbons (Fsp3) is 0.680. The average molecular weight is 442 g/mol. The van der Waals surface area contributed by atoms with Crippen molar-refractivity contribution in [2.45, 2.75) is 70.2 Å². The minimum absolute atomic E-state index is 0.129. The summed E-state index contributed by atoms with van der Waals surface area (Å²) in [6.45, 7) is 7.85. The number of hydrogen-bond donors (Lipinski definition) is 2. The van der Waals surface area contributed by atoms with Gasteiger partial charge in [0.15, 0.2) is 5.96 Å². The first-order valence-corrected chi connectivity index (χ1v) is 12.4. The number of likely N-dealkylation sites (tertiary alicyclic amines) is 1. The van der Waals surface area contributed by atoms with Crippen LogP contribution >= 0.6 is 0 Å². The van der Waals surface area contributed by atoms with Crippen LogP contribution < -0.4 is 10.6 Å². The number of guanidine groups is 1. The lowest BCUT2D eigenvalue weighted by Crippen LogP contribution is -2.50. The van der Waals surface area contributed by atoms with Crippen LogP contribution in [0.2, 0.25) is 0 Å². The van der Waals surface area contributed by atoms with Crippen molar-refractivity contribution in [2.24, 2.45) is 4.99 Å². The number of nitrogens with one attached hydrogen (secondary N) is 2. The lowest BCUT2D eigenvalue weighted by Gasteiger charge is -2.36. The van der Waals surface area contributed by atoms with E-state index in [9.17, 15) is 4.79 Å². The highest BCUT2D eigenvalue weighted by Gasteiger charge is 2.41. The normalized spacial score (nSPS) is 24.9. The molecule has 1 aromatic rings. The van der Waals surface area contributed by atoms with E-state index < -0.39 is 0 Å². The Labute approximate surface area is 192 Å². The number of hydrogen-bond acceptors (Lipinski definition) is 4. The van der Waals surface area contributed by atoms with Crippen molar-refractivity contribution in [3.63, 3.8) is 0 Å². The molecule has 32 heavy (non-hydrogen) atoms. The third kappa shape index (κ3) is 6.23. The smallest absolute Gasteiger partial charge is 0.222 e. The van der Waals surface area contributed by atoms with Crippen LogP contribution in [0.3, 0.4) is 0 Å². The van der Waals surface area contributed by atoms with E-state index in [1.165, 1.54) is 24.8 Å². The van der Waals surface area contributed by atoms with E-state index in [4.69, 9.17) is 9.73 Å². The molecule has 4 rings (SSSR count). The predicted molar refractivity (Wildman–Crippen MR) is 128 cm³/mol. The van der Waals surface area contributed by atoms with Crippen LogP contribution in [0.4, 0.5) is 0 Å². The van der Waals surface area contributed by atoms with Gasteiger partial charge in [-0.05, 0) is 25.3 Å². The summed E-state index contributed by atoms with van der Waals surface area (Å²) in [6, 6.07) is 11.4. The Balaban J connectivity index is 1.31. The molecule has 3 fully saturated rings. The Morgan fingerprint density at radius 3 is 2.75 bits per heavy atom. The predicted octanol–water partition coefficient (Wildman–Crippen LogP) is 2.38. The van der Waals surface area contributed by atoms with Gasteiger partial charge >= 0.3 is 0 Å². The molecule has 1 saturated carbocycles. The fourth-order valence-corrected chi connectivity index (χ4v) is 5.18. The summed E-state index contributed by atoms with van der Waals surface area (Å²) in [4.78, 5) is 22.0. The lowest BCUT2D eigenvalue weighted by atomic mass is 9.95. The first kappa shape index (κ1) is 23.1. The molecule has 2 unspecified atom stereocenters. The van der Waals surface area contributed by atoms with Gasteiger partial charge in [0.05, 0.1) is 25.3 Å². The van der Waals surface area contributed by atoms with Crippen molar-refractivity contribution in [3.8, 4) is 0 Å². The van der Waals surface area contributed by atoms with Crippen molar-refractivity contribution < 1.29 is 9.53 Å². The van der Waals surface area contributed by atoms with E-state index in [1.807, 2.05) is 0 Å². The lowest BCUT2D eigenvalue weighted by molar-refractivity contribution is -0.121. The van der Waals surface area contributed by atoms with Crippen molar-refractivity contribution in [3.05, 3.63) is 35.9 Å². The number of benzene rings is 1. The van der Waals surface area contributed by atoms with E-state index in [0.717, 1.165) is 58.1 Å². The van der Waals surface area contributed by atoms with Crippen LogP contribution in [0.1, 0.15) is 51.0 Å². The minimum Gasteiger partial charge on any atom is -0.373 e. The van der Waals surface area contributed by atoms with E-state index in [1.54, 1.807) is 0 Å². The maximum Gasteiger partial charge on any atom is 0.222 e. The van der Waals surface area contributed by atoms with Gasteiger partial charge in [0, 0.05) is 45.2 Å². The summed E-state index contributed by atoms with van der Waals surface area (Å²) < 4.78 is 6.13. The Hall–Kier alpha value is -2.12. The highest BCUT2D eigenvalue weighted by Crippen LogP contribution is 2.24. The van der Waals surface area contributed by atoms with Gasteiger partial charge in [-0.15, -0.1) is 0 Å². The minimum atomic E-state index is 0.129. The highest BCUT2D eigenvalue weighted by molar-refractivity contribution is 5.81. The maximum absolute atomic E-state index is 12.4. The molecule has 2 N–H and O–H groups in total. The van der Waals surface area contributed by atoms with Crippen molar-refractivity contribution >= 4 is 11.9 Å². The highest BCUT2D eigenvalue weighted by atomic mass is 16.5. The molecule has 1 aromatic carbocycles. The maximum atomic E-state index is 12.4. The second-order valence-electron chi connectivity index (χ2n) is 9.23. The van der Waals surface area contributed by atoms with E-state index >= 15 is 0 Å². The Morgan fingerprint density at radius 2 is 1.97 bits per heavy atom. The Bertz CT molecular complexity index is 750. The van der Waals surface area contributed by atoms with E-state index in [2.05, 4.69) is 57.7 Å². The van der Waals surface area contributed by atoms with E-state index in [0.29, 0.717) is 25.0 Å². The van der Waals surface area contributed by atoms with Crippen LogP contribution in [0.15, 0.2) is 35.3 Å². The monoisotopic (exact) mass is 441 g/mol. The molecule has 2 heterocycles. The SMILES string of the molecule is CCNC(=NCCC(=O)NC1CCCCC1)N1CC2OCCN(Cc3ccccc3)C2C1. The van der Waals surface area contributed by atoms with Gasteiger partial charge in [-0.3, -0.25) is 14.7 Å². The number of nitrogens with zero attached hydrogens (tertiary/aromatic N) is 3. The molecule has 1 aliphatic carbocycles. The van der Waals surface area contributed by atoms with Gasteiger partial charge in [0.25, 0.3) is 0 Å². The summed E-state index contributed by atoms with van der Waals surface area (Å²) in [5, 5.41) is 6.62. The van der Waals surface area contributed by atoms with Crippen LogP contribution in [0.5, 0.6) is 0 Å². The molecule has 1 amide bonds. The van der Waals surface area contributed by atoms with Crippen LogP contribution in [0.25, 0.3) is 0 Å². The number of carbonyl (C=O) groups is 1. The molecule has 0 spiro atoms. The quantitative estimate of drug-likeness (QED) is 0.502. The molecule has 7 heteroatoms. The second-order valence-corrected chi connectivity index (χ2v) is 9.23. The van der Waals surface area contributed by atoms with Gasteiger partial charge in [0.1, 0.15) is 0 Å². The molecule has 0 bridgehead atoms. The topological polar surface area (TPSA) is 69.2 Å². The van der Waals surface area contributed by atoms with Gasteiger partial charge < -0.3 is 20.3 Å². The number of aliphatic imine (C=N–C) groups is 1. The summed E-state index contributed by atoms with van der Waals surface area (Å²) in [7, 11) is 0. The summed E-state index contributed by atoms with van der Waals surface area (Å²) in [5.74, 6) is 1.03. The Morgan fingerprint density at radius 1 is 1.16 bits per heavy atom. The molecule has 0 aromatic heterocycles. The zero-order chi connectivity index (χ0) is 22.2. The Kier molecular flexibility index (Phi) is 8.40. The summed E-state index contributed by atoms with van der Waals surface area (Å²) in [5.41, 5.74) is 1.34. The zero-order valence-electron chi connectivity index (χ0n) is 19.5. The van der Waals surface area contributed by atoms with Crippen molar-refractivity contribution in [2.75, 3.05) is 39.3 Å². The number of amides is 1. The largest absolute Gasteiger partial charge is 0.373 e. The van der Waals surface area contributed by atoms with Crippen molar-refractivity contribution in [1.29, 1.82) is 0 Å². The van der Waals surface area contributed by atoms with Crippen LogP contribution in [-0.4, -0.2) is 79.2 Å². The summed E-state index contributed by atoms with van der Waals surface area (Å²) >= 11 is 0. The third-order valence-electron chi connectivity index (χ3n) is 6.85. The standard InChI is InChI=1S/C25H39N5O2/c1-2-26-25(27-14-13-24(31)28-21-11-7-4-8-12-21)30-18-22-23(19-30)32-16-15-29(22)17-20-9-5-3-6-10-20/h3,5-6,9-10,21-23H,2,4,7-8,11-19H2,1H3,(H,26,27)(H,28,31). The molecular weight excluding hydrogens is 402 g/mol. The molecule has 0 radical (unpaired) electrons. The first-order valence-electron chi connectivity index (χ1n) is 12.4. The van der Waals surface area contributed by atoms with Gasteiger partial charge in [0.2, 0.25) is 5.91 Å². The van der Waals surface area contributed by atoms with Crippen LogP contribution in [-0.2, 0) is 16.1 Å². The van der Waals surface area contributed by atoms with Gasteiger partial charge in [-0.2, -0.15) is 0 Å². The van der Waals surface area contributed by atoms with Crippen molar-refractivity contribution in [1.82, 2.24) is 20.4 Å². The first-order chi connectivity index (χ1) is 15.7. The van der Waals surface area contributed by atoms with Gasteiger partial charge in [-0.1, -0.05) is 49.6 Å². The molecule has 2 atom stereocenters.